The number of pyridine rings is 1. The van der Waals surface area contributed by atoms with Crippen molar-refractivity contribution in [3.63, 3.8) is 0 Å². The first kappa shape index (κ1) is 18.9. The third-order valence-electron chi connectivity index (χ3n) is 4.11. The van der Waals surface area contributed by atoms with Crippen molar-refractivity contribution in [2.75, 3.05) is 26.8 Å². The van der Waals surface area contributed by atoms with Crippen LogP contribution in [0.4, 0.5) is 0 Å². The third kappa shape index (κ3) is 4.14. The van der Waals surface area contributed by atoms with Crippen molar-refractivity contribution < 1.29 is 19.4 Å². The molecule has 136 valence electrons. The molecule has 0 aliphatic rings. The van der Waals surface area contributed by atoms with E-state index < -0.39 is 5.97 Å². The van der Waals surface area contributed by atoms with E-state index in [1.54, 1.807) is 23.9 Å². The van der Waals surface area contributed by atoms with E-state index in [4.69, 9.17) is 9.84 Å². The van der Waals surface area contributed by atoms with Gasteiger partial charge < -0.3 is 14.7 Å². The van der Waals surface area contributed by atoms with Gasteiger partial charge in [-0.05, 0) is 26.3 Å². The molecule has 0 bridgehead atoms. The Morgan fingerprint density at radius 2 is 2.16 bits per heavy atom. The molecule has 8 nitrogen and oxygen atoms in total. The fraction of sp³-hybridized carbons (Fsp3) is 0.529. The van der Waals surface area contributed by atoms with Gasteiger partial charge in [0.1, 0.15) is 6.54 Å². The average Bonchev–Trinajstić information content (AvgIpc) is 2.99. The number of carboxylic acid groups (broad SMARTS) is 1. The van der Waals surface area contributed by atoms with Crippen molar-refractivity contribution in [3.8, 4) is 0 Å². The van der Waals surface area contributed by atoms with Crippen LogP contribution in [0.3, 0.4) is 0 Å². The van der Waals surface area contributed by atoms with E-state index >= 15 is 0 Å². The number of methoxy groups -OCH3 is 1. The number of aliphatic carboxylic acids is 1. The van der Waals surface area contributed by atoms with Crippen LogP contribution in [0.25, 0.3) is 11.0 Å². The van der Waals surface area contributed by atoms with Crippen molar-refractivity contribution in [3.05, 3.63) is 23.5 Å². The molecule has 2 heterocycles. The molecule has 1 N–H and O–H groups in total. The number of carbonyl (C=O) groups excluding carboxylic acids is 1. The highest BCUT2D eigenvalue weighted by molar-refractivity contribution is 6.06. The maximum Gasteiger partial charge on any atom is 0.323 e. The molecule has 0 saturated carbocycles. The number of aryl methyl sites for hydroxylation is 1. The second-order valence-corrected chi connectivity index (χ2v) is 6.01. The summed E-state index contributed by atoms with van der Waals surface area (Å²) in [4.78, 5) is 29.8. The molecule has 2 aromatic rings. The lowest BCUT2D eigenvalue weighted by molar-refractivity contribution is -0.137. The van der Waals surface area contributed by atoms with E-state index in [1.165, 1.54) is 12.0 Å². The van der Waals surface area contributed by atoms with Gasteiger partial charge in [-0.15, -0.1) is 0 Å². The van der Waals surface area contributed by atoms with Crippen LogP contribution in [-0.2, 0) is 9.53 Å². The van der Waals surface area contributed by atoms with Crippen LogP contribution in [0.2, 0.25) is 0 Å². The Balaban J connectivity index is 2.49. The summed E-state index contributed by atoms with van der Waals surface area (Å²) in [5.41, 5.74) is 1.73. The zero-order valence-corrected chi connectivity index (χ0v) is 15.0. The SMILES string of the molecule is CCC(C)n1ncc2c(C(=O)N(CCOC)CC(=O)O)cc(C)nc21. The molecule has 0 radical (unpaired) electrons. The van der Waals surface area contributed by atoms with Crippen LogP contribution in [0.1, 0.15) is 42.4 Å². The summed E-state index contributed by atoms with van der Waals surface area (Å²) in [5.74, 6) is -1.43. The highest BCUT2D eigenvalue weighted by atomic mass is 16.5. The fourth-order valence-electron chi connectivity index (χ4n) is 2.60. The van der Waals surface area contributed by atoms with Gasteiger partial charge in [-0.3, -0.25) is 9.59 Å². The topological polar surface area (TPSA) is 97.6 Å². The first-order valence-corrected chi connectivity index (χ1v) is 8.23. The Morgan fingerprint density at radius 3 is 2.76 bits per heavy atom. The van der Waals surface area contributed by atoms with Gasteiger partial charge in [-0.2, -0.15) is 5.10 Å². The average molecular weight is 348 g/mol. The first-order valence-electron chi connectivity index (χ1n) is 8.23. The molecule has 25 heavy (non-hydrogen) atoms. The minimum atomic E-state index is -1.07. The highest BCUT2D eigenvalue weighted by Crippen LogP contribution is 2.23. The molecule has 0 aliphatic carbocycles. The summed E-state index contributed by atoms with van der Waals surface area (Å²) >= 11 is 0. The molecular formula is C17H24N4O4. The second kappa shape index (κ2) is 8.06. The number of carbonyl (C=O) groups is 2. The van der Waals surface area contributed by atoms with Gasteiger partial charge >= 0.3 is 5.97 Å². The molecule has 0 spiro atoms. The molecule has 0 aromatic carbocycles. The van der Waals surface area contributed by atoms with E-state index in [2.05, 4.69) is 17.0 Å². The number of hydrogen-bond donors (Lipinski definition) is 1. The summed E-state index contributed by atoms with van der Waals surface area (Å²) in [6.45, 7) is 5.97. The minimum Gasteiger partial charge on any atom is -0.480 e. The van der Waals surface area contributed by atoms with Crippen molar-refractivity contribution in [1.29, 1.82) is 0 Å². The van der Waals surface area contributed by atoms with Crippen LogP contribution in [0, 0.1) is 6.92 Å². The van der Waals surface area contributed by atoms with E-state index in [0.717, 1.165) is 6.42 Å². The lowest BCUT2D eigenvalue weighted by atomic mass is 10.1. The van der Waals surface area contributed by atoms with Crippen LogP contribution >= 0.6 is 0 Å². The smallest absolute Gasteiger partial charge is 0.323 e. The van der Waals surface area contributed by atoms with Gasteiger partial charge in [0, 0.05) is 19.3 Å². The summed E-state index contributed by atoms with van der Waals surface area (Å²) in [5, 5.41) is 14.1. The maximum absolute atomic E-state index is 12.9. The monoisotopic (exact) mass is 348 g/mol. The first-order chi connectivity index (χ1) is 11.9. The van der Waals surface area contributed by atoms with Crippen molar-refractivity contribution in [2.45, 2.75) is 33.2 Å². The number of fused-ring (bicyclic) bond motifs is 1. The zero-order valence-electron chi connectivity index (χ0n) is 15.0. The normalized spacial score (nSPS) is 12.3. The van der Waals surface area contributed by atoms with E-state index in [0.29, 0.717) is 22.3 Å². The fourth-order valence-corrected chi connectivity index (χ4v) is 2.60. The lowest BCUT2D eigenvalue weighted by Gasteiger charge is -2.21. The Bertz CT molecular complexity index is 771. The zero-order chi connectivity index (χ0) is 18.6. The molecular weight excluding hydrogens is 324 g/mol. The summed E-state index contributed by atoms with van der Waals surface area (Å²) < 4.78 is 6.79. The standard InChI is InChI=1S/C17H24N4O4/c1-5-12(3)21-16-14(9-18-21)13(8-11(2)19-16)17(24)20(6-7-25-4)10-15(22)23/h8-9,12H,5-7,10H2,1-4H3,(H,22,23). The van der Waals surface area contributed by atoms with Crippen molar-refractivity contribution in [1.82, 2.24) is 19.7 Å². The van der Waals surface area contributed by atoms with Crippen LogP contribution in [0.15, 0.2) is 12.3 Å². The second-order valence-electron chi connectivity index (χ2n) is 6.01. The Kier molecular flexibility index (Phi) is 6.08. The molecule has 0 saturated heterocycles. The van der Waals surface area contributed by atoms with E-state index in [-0.39, 0.29) is 31.6 Å². The van der Waals surface area contributed by atoms with Gasteiger partial charge in [0.05, 0.1) is 29.8 Å². The maximum atomic E-state index is 12.9. The third-order valence-corrected chi connectivity index (χ3v) is 4.11. The van der Waals surface area contributed by atoms with E-state index in [1.807, 2.05) is 6.92 Å². The molecule has 0 aliphatic heterocycles. The van der Waals surface area contributed by atoms with Crippen LogP contribution in [0.5, 0.6) is 0 Å². The van der Waals surface area contributed by atoms with Gasteiger partial charge in [0.2, 0.25) is 0 Å². The van der Waals surface area contributed by atoms with Crippen LogP contribution in [-0.4, -0.2) is 63.5 Å². The molecule has 2 rings (SSSR count). The van der Waals surface area contributed by atoms with Gasteiger partial charge in [0.25, 0.3) is 5.91 Å². The van der Waals surface area contributed by atoms with Crippen molar-refractivity contribution >= 4 is 22.9 Å². The lowest BCUT2D eigenvalue weighted by Crippen LogP contribution is -2.38. The number of nitrogens with zero attached hydrogens (tertiary/aromatic N) is 4. The summed E-state index contributed by atoms with van der Waals surface area (Å²) in [6.07, 6.45) is 2.51. The number of hydrogen-bond acceptors (Lipinski definition) is 5. The van der Waals surface area contributed by atoms with Gasteiger partial charge in [-0.25, -0.2) is 9.67 Å². The molecule has 8 heteroatoms. The highest BCUT2D eigenvalue weighted by Gasteiger charge is 2.23. The molecule has 1 atom stereocenters. The molecule has 2 aromatic heterocycles. The summed E-state index contributed by atoms with van der Waals surface area (Å²) in [7, 11) is 1.51. The van der Waals surface area contributed by atoms with Crippen molar-refractivity contribution in [2.24, 2.45) is 0 Å². The largest absolute Gasteiger partial charge is 0.480 e. The minimum absolute atomic E-state index is 0.151. The Labute approximate surface area is 146 Å². The molecule has 1 unspecified atom stereocenters. The number of rotatable bonds is 8. The Hall–Kier alpha value is -2.48. The van der Waals surface area contributed by atoms with Crippen LogP contribution < -0.4 is 0 Å². The number of ether oxygens (including phenoxy) is 1. The van der Waals surface area contributed by atoms with E-state index in [9.17, 15) is 9.59 Å². The predicted octanol–water partition coefficient (Wildman–Crippen LogP) is 1.88. The quantitative estimate of drug-likeness (QED) is 0.782. The van der Waals surface area contributed by atoms with Gasteiger partial charge in [-0.1, -0.05) is 6.92 Å². The van der Waals surface area contributed by atoms with Gasteiger partial charge in [0.15, 0.2) is 5.65 Å². The number of carboxylic acids is 1. The molecule has 1 amide bonds. The number of amides is 1. The molecule has 0 fully saturated rings. The Morgan fingerprint density at radius 1 is 1.44 bits per heavy atom. The predicted molar refractivity (Wildman–Crippen MR) is 92.7 cm³/mol. The number of aromatic nitrogens is 3. The summed E-state index contributed by atoms with van der Waals surface area (Å²) in [6, 6.07) is 1.83.